The summed E-state index contributed by atoms with van der Waals surface area (Å²) in [7, 11) is 0. The minimum Gasteiger partial charge on any atom is -0.369 e. The standard InChI is InChI=1S/C21H26N4O2/c26-20-13-19(14-22-25(20)15-17-7-3-1-4-8-17)24-12-9-18(16-24)21(27)23-10-5-2-6-11-23/h1,3-4,7-8,13-14,18H,2,5-6,9-12,15-16H2. The quantitative estimate of drug-likeness (QED) is 0.832. The van der Waals surface area contributed by atoms with Crippen molar-refractivity contribution in [1.82, 2.24) is 14.7 Å². The van der Waals surface area contributed by atoms with Crippen LogP contribution in [0, 0.1) is 5.92 Å². The molecule has 1 unspecified atom stereocenters. The van der Waals surface area contributed by atoms with Crippen molar-refractivity contribution in [3.8, 4) is 0 Å². The number of anilines is 1. The Morgan fingerprint density at radius 2 is 1.85 bits per heavy atom. The molecule has 6 nitrogen and oxygen atoms in total. The van der Waals surface area contributed by atoms with E-state index in [0.717, 1.165) is 50.1 Å². The van der Waals surface area contributed by atoms with Crippen molar-refractivity contribution in [2.45, 2.75) is 32.2 Å². The molecule has 0 saturated carbocycles. The first-order valence-electron chi connectivity index (χ1n) is 9.85. The lowest BCUT2D eigenvalue weighted by molar-refractivity contribution is -0.135. The van der Waals surface area contributed by atoms with E-state index in [9.17, 15) is 9.59 Å². The van der Waals surface area contributed by atoms with Gasteiger partial charge in [0.15, 0.2) is 0 Å². The van der Waals surface area contributed by atoms with E-state index in [1.165, 1.54) is 11.1 Å². The molecule has 6 heteroatoms. The number of benzene rings is 1. The molecule has 2 aliphatic rings. The molecule has 0 aliphatic carbocycles. The lowest BCUT2D eigenvalue weighted by atomic mass is 10.0. The summed E-state index contributed by atoms with van der Waals surface area (Å²) in [5.74, 6) is 0.317. The van der Waals surface area contributed by atoms with E-state index in [1.54, 1.807) is 12.3 Å². The highest BCUT2D eigenvalue weighted by Gasteiger charge is 2.32. The smallest absolute Gasteiger partial charge is 0.269 e. The number of aromatic nitrogens is 2. The number of piperidine rings is 1. The van der Waals surface area contributed by atoms with Crippen molar-refractivity contribution in [1.29, 1.82) is 0 Å². The molecule has 2 aliphatic heterocycles. The van der Waals surface area contributed by atoms with E-state index < -0.39 is 0 Å². The van der Waals surface area contributed by atoms with Gasteiger partial charge in [0.1, 0.15) is 0 Å². The Bertz CT molecular complexity index is 843. The van der Waals surface area contributed by atoms with Crippen LogP contribution >= 0.6 is 0 Å². The second-order valence-corrected chi connectivity index (χ2v) is 7.51. The number of carbonyl (C=O) groups is 1. The number of carbonyl (C=O) groups excluding carboxylic acids is 1. The van der Waals surface area contributed by atoms with Gasteiger partial charge in [-0.25, -0.2) is 4.68 Å². The average Bonchev–Trinajstić information content (AvgIpc) is 3.21. The van der Waals surface area contributed by atoms with Gasteiger partial charge in [-0.1, -0.05) is 30.3 Å². The van der Waals surface area contributed by atoms with Gasteiger partial charge in [-0.05, 0) is 31.2 Å². The molecule has 0 radical (unpaired) electrons. The van der Waals surface area contributed by atoms with Crippen molar-refractivity contribution < 1.29 is 4.79 Å². The van der Waals surface area contributed by atoms with Gasteiger partial charge in [0, 0.05) is 32.2 Å². The molecule has 27 heavy (non-hydrogen) atoms. The highest BCUT2D eigenvalue weighted by Crippen LogP contribution is 2.25. The monoisotopic (exact) mass is 366 g/mol. The average molecular weight is 366 g/mol. The molecule has 1 aromatic heterocycles. The van der Waals surface area contributed by atoms with E-state index >= 15 is 0 Å². The SMILES string of the molecule is O=C(C1CCN(c2cnn(Cc3ccccc3)c(=O)c2)C1)N1CCCCC1. The summed E-state index contributed by atoms with van der Waals surface area (Å²) in [5, 5.41) is 4.34. The van der Waals surface area contributed by atoms with Crippen LogP contribution in [-0.2, 0) is 11.3 Å². The number of hydrogen-bond donors (Lipinski definition) is 0. The maximum Gasteiger partial charge on any atom is 0.269 e. The molecule has 0 N–H and O–H groups in total. The fourth-order valence-electron chi connectivity index (χ4n) is 4.04. The van der Waals surface area contributed by atoms with Crippen LogP contribution in [0.15, 0.2) is 47.4 Å². The second kappa shape index (κ2) is 7.94. The molecule has 0 bridgehead atoms. The second-order valence-electron chi connectivity index (χ2n) is 7.51. The summed E-state index contributed by atoms with van der Waals surface area (Å²) in [6.07, 6.45) is 6.06. The molecule has 2 fully saturated rings. The fraction of sp³-hybridized carbons (Fsp3) is 0.476. The molecule has 2 saturated heterocycles. The minimum absolute atomic E-state index is 0.0369. The zero-order chi connectivity index (χ0) is 18.6. The van der Waals surface area contributed by atoms with Gasteiger partial charge < -0.3 is 9.80 Å². The molecule has 1 amide bonds. The van der Waals surface area contributed by atoms with E-state index in [0.29, 0.717) is 13.1 Å². The van der Waals surface area contributed by atoms with Crippen LogP contribution in [0.1, 0.15) is 31.2 Å². The van der Waals surface area contributed by atoms with Crippen molar-refractivity contribution in [3.05, 3.63) is 58.5 Å². The first-order valence-corrected chi connectivity index (χ1v) is 9.85. The van der Waals surface area contributed by atoms with Crippen LogP contribution < -0.4 is 10.5 Å². The van der Waals surface area contributed by atoms with E-state index in [2.05, 4.69) is 10.00 Å². The third kappa shape index (κ3) is 4.04. The number of likely N-dealkylation sites (tertiary alicyclic amines) is 1. The lowest BCUT2D eigenvalue weighted by Crippen LogP contribution is -2.40. The molecule has 1 atom stereocenters. The Balaban J connectivity index is 1.41. The molecular weight excluding hydrogens is 340 g/mol. The van der Waals surface area contributed by atoms with Gasteiger partial charge in [-0.2, -0.15) is 5.10 Å². The maximum absolute atomic E-state index is 12.7. The van der Waals surface area contributed by atoms with Crippen LogP contribution in [0.3, 0.4) is 0 Å². The van der Waals surface area contributed by atoms with Crippen LogP contribution in [0.4, 0.5) is 5.69 Å². The van der Waals surface area contributed by atoms with Crippen molar-refractivity contribution in [3.63, 3.8) is 0 Å². The summed E-state index contributed by atoms with van der Waals surface area (Å²) in [5.41, 5.74) is 1.76. The predicted octanol–water partition coefficient (Wildman–Crippen LogP) is 2.13. The fourth-order valence-corrected chi connectivity index (χ4v) is 4.04. The summed E-state index contributed by atoms with van der Waals surface area (Å²) >= 11 is 0. The Kier molecular flexibility index (Phi) is 5.23. The summed E-state index contributed by atoms with van der Waals surface area (Å²) in [6.45, 7) is 3.74. The van der Waals surface area contributed by atoms with Crippen LogP contribution in [0.5, 0.6) is 0 Å². The van der Waals surface area contributed by atoms with Gasteiger partial charge in [-0.3, -0.25) is 9.59 Å². The summed E-state index contributed by atoms with van der Waals surface area (Å²) in [4.78, 5) is 29.3. The largest absolute Gasteiger partial charge is 0.369 e. The van der Waals surface area contributed by atoms with Crippen molar-refractivity contribution >= 4 is 11.6 Å². The highest BCUT2D eigenvalue weighted by atomic mass is 16.2. The topological polar surface area (TPSA) is 58.4 Å². The van der Waals surface area contributed by atoms with Gasteiger partial charge in [0.25, 0.3) is 5.56 Å². The number of nitrogens with zero attached hydrogens (tertiary/aromatic N) is 4. The Morgan fingerprint density at radius 1 is 1.07 bits per heavy atom. The molecular formula is C21H26N4O2. The molecule has 142 valence electrons. The molecule has 4 rings (SSSR count). The third-order valence-corrected chi connectivity index (χ3v) is 5.60. The van der Waals surface area contributed by atoms with E-state index in [-0.39, 0.29) is 17.4 Å². The van der Waals surface area contributed by atoms with E-state index in [4.69, 9.17) is 0 Å². The van der Waals surface area contributed by atoms with E-state index in [1.807, 2.05) is 35.2 Å². The van der Waals surface area contributed by atoms with Crippen molar-refractivity contribution in [2.24, 2.45) is 5.92 Å². The third-order valence-electron chi connectivity index (χ3n) is 5.60. The predicted molar refractivity (Wildman–Crippen MR) is 105 cm³/mol. The van der Waals surface area contributed by atoms with Gasteiger partial charge >= 0.3 is 0 Å². The molecule has 0 spiro atoms. The van der Waals surface area contributed by atoms with Crippen LogP contribution in [0.25, 0.3) is 0 Å². The number of amides is 1. The van der Waals surface area contributed by atoms with Gasteiger partial charge in [0.2, 0.25) is 5.91 Å². The molecule has 3 heterocycles. The maximum atomic E-state index is 12.7. The first kappa shape index (κ1) is 17.8. The number of rotatable bonds is 4. The summed E-state index contributed by atoms with van der Waals surface area (Å²) < 4.78 is 1.48. The normalized spacial score (nSPS) is 20.1. The Morgan fingerprint density at radius 3 is 2.59 bits per heavy atom. The van der Waals surface area contributed by atoms with Gasteiger partial charge in [-0.15, -0.1) is 0 Å². The zero-order valence-corrected chi connectivity index (χ0v) is 15.6. The Hall–Kier alpha value is -2.63. The van der Waals surface area contributed by atoms with Crippen LogP contribution in [-0.4, -0.2) is 46.8 Å². The molecule has 2 aromatic rings. The first-order chi connectivity index (χ1) is 13.2. The van der Waals surface area contributed by atoms with Crippen molar-refractivity contribution in [2.75, 3.05) is 31.1 Å². The zero-order valence-electron chi connectivity index (χ0n) is 15.6. The minimum atomic E-state index is -0.109. The Labute approximate surface area is 159 Å². The summed E-state index contributed by atoms with van der Waals surface area (Å²) in [6, 6.07) is 11.5. The number of hydrogen-bond acceptors (Lipinski definition) is 4. The van der Waals surface area contributed by atoms with Crippen LogP contribution in [0.2, 0.25) is 0 Å². The lowest BCUT2D eigenvalue weighted by Gasteiger charge is -2.29. The molecule has 1 aromatic carbocycles. The van der Waals surface area contributed by atoms with Gasteiger partial charge in [0.05, 0.1) is 24.3 Å². The highest BCUT2D eigenvalue weighted by molar-refractivity contribution is 5.80.